The maximum Gasteiger partial charge on any atom is 0.268 e. The van der Waals surface area contributed by atoms with Crippen LogP contribution in [-0.2, 0) is 15.6 Å². The Balaban J connectivity index is 3.15. The molecule has 1 amide bonds. The average molecular weight is 329 g/mol. The van der Waals surface area contributed by atoms with Gasteiger partial charge in [0.1, 0.15) is 10.6 Å². The van der Waals surface area contributed by atoms with Crippen LogP contribution in [0.25, 0.3) is 0 Å². The second kappa shape index (κ2) is 6.53. The second-order valence-corrected chi connectivity index (χ2v) is 6.89. The highest BCUT2D eigenvalue weighted by Gasteiger charge is 2.22. The van der Waals surface area contributed by atoms with Crippen molar-refractivity contribution in [2.24, 2.45) is 0 Å². The fourth-order valence-corrected chi connectivity index (χ4v) is 2.27. The molecule has 5 nitrogen and oxygen atoms in total. The van der Waals surface area contributed by atoms with Gasteiger partial charge in [-0.15, -0.1) is 0 Å². The zero-order chi connectivity index (χ0) is 15.5. The summed E-state index contributed by atoms with van der Waals surface area (Å²) in [6.45, 7) is 2.81. The molecule has 0 saturated carbocycles. The number of alkyl halides is 2. The van der Waals surface area contributed by atoms with Crippen molar-refractivity contribution in [3.63, 3.8) is 0 Å². The quantitative estimate of drug-likeness (QED) is 0.814. The van der Waals surface area contributed by atoms with E-state index in [9.17, 15) is 22.0 Å². The zero-order valence-electron chi connectivity index (χ0n) is 10.9. The largest absolute Gasteiger partial charge is 0.348 e. The van der Waals surface area contributed by atoms with Gasteiger partial charge in [0, 0.05) is 22.9 Å². The van der Waals surface area contributed by atoms with Gasteiger partial charge in [-0.05, 0) is 19.4 Å². The molecule has 0 aromatic carbocycles. The highest BCUT2D eigenvalue weighted by Crippen LogP contribution is 2.19. The minimum atomic E-state index is -4.08. The molecule has 1 rings (SSSR count). The molecule has 0 aliphatic heterocycles. The Morgan fingerprint density at radius 3 is 2.55 bits per heavy atom. The molecule has 0 bridgehead atoms. The lowest BCUT2D eigenvalue weighted by molar-refractivity contribution is 0.0916. The van der Waals surface area contributed by atoms with E-state index in [1.807, 2.05) is 6.92 Å². The van der Waals surface area contributed by atoms with Crippen molar-refractivity contribution in [2.45, 2.75) is 44.2 Å². The number of hydrogen-bond donors (Lipinski definition) is 1. The lowest BCUT2D eigenvalue weighted by atomic mass is 10.2. The molecule has 114 valence electrons. The number of aromatic nitrogens is 1. The summed E-state index contributed by atoms with van der Waals surface area (Å²) in [5, 5.41) is 2.58. The van der Waals surface area contributed by atoms with Crippen LogP contribution in [0.5, 0.6) is 0 Å². The summed E-state index contributed by atoms with van der Waals surface area (Å²) in [6.07, 6.45) is -1.13. The Morgan fingerprint density at radius 2 is 2.10 bits per heavy atom. The molecule has 0 fully saturated rings. The van der Waals surface area contributed by atoms with Gasteiger partial charge in [-0.3, -0.25) is 4.79 Å². The smallest absolute Gasteiger partial charge is 0.268 e. The Morgan fingerprint density at radius 1 is 1.50 bits per heavy atom. The van der Waals surface area contributed by atoms with Gasteiger partial charge in [-0.1, -0.05) is 6.92 Å². The van der Waals surface area contributed by atoms with Gasteiger partial charge in [-0.25, -0.2) is 17.2 Å². The van der Waals surface area contributed by atoms with Crippen LogP contribution in [0, 0.1) is 0 Å². The van der Waals surface area contributed by atoms with E-state index < -0.39 is 27.9 Å². The Bertz CT molecular complexity index is 586. The first-order valence-electron chi connectivity index (χ1n) is 5.89. The fraction of sp³-hybridized carbons (Fsp3) is 0.545. The number of rotatable bonds is 6. The Labute approximate surface area is 120 Å². The highest BCUT2D eigenvalue weighted by molar-refractivity contribution is 8.13. The first-order valence-corrected chi connectivity index (χ1v) is 8.20. The van der Waals surface area contributed by atoms with Gasteiger partial charge in [0.2, 0.25) is 0 Å². The van der Waals surface area contributed by atoms with Crippen molar-refractivity contribution >= 4 is 25.6 Å². The minimum Gasteiger partial charge on any atom is -0.348 e. The third-order valence-electron chi connectivity index (χ3n) is 2.71. The number of hydrogen-bond acceptors (Lipinski definition) is 3. The summed E-state index contributed by atoms with van der Waals surface area (Å²) in [7, 11) is 1.08. The number of carbonyl (C=O) groups excluding carboxylic acids is 1. The van der Waals surface area contributed by atoms with Crippen molar-refractivity contribution in [1.82, 2.24) is 9.88 Å². The molecule has 1 aromatic rings. The van der Waals surface area contributed by atoms with Crippen LogP contribution in [-0.4, -0.2) is 31.4 Å². The van der Waals surface area contributed by atoms with E-state index in [1.165, 1.54) is 0 Å². The van der Waals surface area contributed by atoms with Crippen LogP contribution in [0.15, 0.2) is 17.2 Å². The van der Waals surface area contributed by atoms with E-state index in [0.29, 0.717) is 6.42 Å². The van der Waals surface area contributed by atoms with Crippen LogP contribution in [0.3, 0.4) is 0 Å². The average Bonchev–Trinajstić information content (AvgIpc) is 2.71. The van der Waals surface area contributed by atoms with E-state index >= 15 is 0 Å². The van der Waals surface area contributed by atoms with Crippen molar-refractivity contribution in [3.05, 3.63) is 18.0 Å². The summed E-state index contributed by atoms with van der Waals surface area (Å²) in [5.41, 5.74) is -0.162. The molecule has 0 aliphatic carbocycles. The van der Waals surface area contributed by atoms with Gasteiger partial charge in [0.25, 0.3) is 21.4 Å². The van der Waals surface area contributed by atoms with E-state index in [0.717, 1.165) is 16.8 Å². The molecule has 20 heavy (non-hydrogen) atoms. The first kappa shape index (κ1) is 16.9. The van der Waals surface area contributed by atoms with E-state index in [2.05, 4.69) is 5.32 Å². The standard InChI is InChI=1S/C11H15ClF2N2O3S/c1-3-7(2)15-11(17)9-4-8(20(12,18)19)5-16(9)6-10(13)14/h4-5,7,10H,3,6H2,1-2H3,(H,15,17). The number of amides is 1. The Kier molecular flexibility index (Phi) is 5.52. The highest BCUT2D eigenvalue weighted by atomic mass is 35.7. The molecule has 1 atom stereocenters. The van der Waals surface area contributed by atoms with Crippen LogP contribution >= 0.6 is 10.7 Å². The van der Waals surface area contributed by atoms with Gasteiger partial charge in [0.05, 0.1) is 6.54 Å². The maximum absolute atomic E-state index is 12.5. The monoisotopic (exact) mass is 328 g/mol. The molecule has 0 aliphatic rings. The van der Waals surface area contributed by atoms with Crippen molar-refractivity contribution < 1.29 is 22.0 Å². The topological polar surface area (TPSA) is 68.2 Å². The second-order valence-electron chi connectivity index (χ2n) is 4.33. The van der Waals surface area contributed by atoms with Gasteiger partial charge in [0.15, 0.2) is 0 Å². The fourth-order valence-electron chi connectivity index (χ4n) is 1.51. The molecular formula is C11H15ClF2N2O3S. The number of nitrogens with one attached hydrogen (secondary N) is 1. The van der Waals surface area contributed by atoms with Crippen molar-refractivity contribution in [1.29, 1.82) is 0 Å². The van der Waals surface area contributed by atoms with E-state index in [-0.39, 0.29) is 16.6 Å². The lowest BCUT2D eigenvalue weighted by Crippen LogP contribution is -2.33. The number of nitrogens with zero attached hydrogens (tertiary/aromatic N) is 1. The number of carbonyl (C=O) groups is 1. The van der Waals surface area contributed by atoms with Crippen LogP contribution in [0.2, 0.25) is 0 Å². The SMILES string of the molecule is CCC(C)NC(=O)c1cc(S(=O)(=O)Cl)cn1CC(F)F. The third kappa shape index (κ3) is 4.45. The maximum atomic E-state index is 12.5. The summed E-state index contributed by atoms with van der Waals surface area (Å²) in [5.74, 6) is -0.619. The molecule has 1 N–H and O–H groups in total. The first-order chi connectivity index (χ1) is 9.15. The molecule has 0 spiro atoms. The summed E-state index contributed by atoms with van der Waals surface area (Å²) in [6, 6.07) is 0.830. The molecule has 1 aromatic heterocycles. The van der Waals surface area contributed by atoms with Crippen LogP contribution < -0.4 is 5.32 Å². The van der Waals surface area contributed by atoms with Crippen molar-refractivity contribution in [3.8, 4) is 0 Å². The predicted molar refractivity (Wildman–Crippen MR) is 70.7 cm³/mol. The van der Waals surface area contributed by atoms with Crippen LogP contribution in [0.1, 0.15) is 30.8 Å². The normalized spacial score (nSPS) is 13.5. The molecule has 9 heteroatoms. The molecule has 1 unspecified atom stereocenters. The van der Waals surface area contributed by atoms with Gasteiger partial charge >= 0.3 is 0 Å². The van der Waals surface area contributed by atoms with Crippen molar-refractivity contribution in [2.75, 3.05) is 0 Å². The molecule has 0 radical (unpaired) electrons. The van der Waals surface area contributed by atoms with E-state index in [4.69, 9.17) is 10.7 Å². The number of halogens is 3. The van der Waals surface area contributed by atoms with Gasteiger partial charge in [-0.2, -0.15) is 0 Å². The lowest BCUT2D eigenvalue weighted by Gasteiger charge is -2.13. The summed E-state index contributed by atoms with van der Waals surface area (Å²) < 4.78 is 48.2. The van der Waals surface area contributed by atoms with Gasteiger partial charge < -0.3 is 9.88 Å². The molecular weight excluding hydrogens is 314 g/mol. The summed E-state index contributed by atoms with van der Waals surface area (Å²) in [4.78, 5) is 11.6. The summed E-state index contributed by atoms with van der Waals surface area (Å²) >= 11 is 0. The molecule has 0 saturated heterocycles. The third-order valence-corrected chi connectivity index (χ3v) is 4.03. The molecule has 1 heterocycles. The van der Waals surface area contributed by atoms with Crippen LogP contribution in [0.4, 0.5) is 8.78 Å². The predicted octanol–water partition coefficient (Wildman–Crippen LogP) is 2.21. The zero-order valence-corrected chi connectivity index (χ0v) is 12.5. The minimum absolute atomic E-state index is 0.159. The van der Waals surface area contributed by atoms with E-state index in [1.54, 1.807) is 6.92 Å². The Hall–Kier alpha value is -1.15.